The molecule has 0 amide bonds. The first kappa shape index (κ1) is 21.2. The summed E-state index contributed by atoms with van der Waals surface area (Å²) in [5.74, 6) is -0.996. The summed E-state index contributed by atoms with van der Waals surface area (Å²) in [6.07, 6.45) is 0.252. The maximum Gasteiger partial charge on any atom is 0.308 e. The van der Waals surface area contributed by atoms with Gasteiger partial charge in [-0.1, -0.05) is 0 Å². The lowest BCUT2D eigenvalue weighted by Gasteiger charge is -2.09. The molecule has 6 heteroatoms. The van der Waals surface area contributed by atoms with Crippen molar-refractivity contribution < 1.29 is 28.9 Å². The maximum atomic E-state index is 10.8. The average Bonchev–Trinajstić information content (AvgIpc) is 2.29. The largest absolute Gasteiger partial charge is 0.481 e. The van der Waals surface area contributed by atoms with Crippen LogP contribution in [0.4, 0.5) is 0 Å². The van der Waals surface area contributed by atoms with E-state index < -0.39 is 5.97 Å². The molecule has 20 heavy (non-hydrogen) atoms. The number of carbonyl (C=O) groups is 2. The Morgan fingerprint density at radius 3 is 1.70 bits per heavy atom. The average molecular weight is 292 g/mol. The van der Waals surface area contributed by atoms with Gasteiger partial charge in [0.05, 0.1) is 31.7 Å². The van der Waals surface area contributed by atoms with Crippen LogP contribution >= 0.6 is 0 Å². The van der Waals surface area contributed by atoms with E-state index in [1.165, 1.54) is 0 Å². The van der Waals surface area contributed by atoms with Crippen molar-refractivity contribution in [1.29, 1.82) is 0 Å². The molecule has 0 heterocycles. The van der Waals surface area contributed by atoms with E-state index in [2.05, 4.69) is 0 Å². The molecule has 120 valence electrons. The van der Waals surface area contributed by atoms with Crippen LogP contribution in [-0.2, 0) is 23.8 Å². The van der Waals surface area contributed by atoms with Gasteiger partial charge in [-0.15, -0.1) is 0 Å². The van der Waals surface area contributed by atoms with Crippen LogP contribution in [0, 0.1) is 0 Å². The van der Waals surface area contributed by atoms with Crippen molar-refractivity contribution >= 4 is 11.9 Å². The van der Waals surface area contributed by atoms with Crippen molar-refractivity contribution in [2.45, 2.75) is 59.7 Å². The van der Waals surface area contributed by atoms with E-state index in [0.717, 1.165) is 0 Å². The number of carboxylic acid groups (broad SMARTS) is 1. The predicted octanol–water partition coefficient (Wildman–Crippen LogP) is 2.25. The fraction of sp³-hybridized carbons (Fsp3) is 0.857. The number of esters is 1. The number of carbonyl (C=O) groups excluding carboxylic acids is 1. The first-order chi connectivity index (χ1) is 9.37. The minimum Gasteiger partial charge on any atom is -0.481 e. The Hall–Kier alpha value is -1.14. The van der Waals surface area contributed by atoms with Gasteiger partial charge in [0.1, 0.15) is 0 Å². The minimum absolute atomic E-state index is 0.0287. The van der Waals surface area contributed by atoms with E-state index in [-0.39, 0.29) is 24.6 Å². The monoisotopic (exact) mass is 292 g/mol. The Bertz CT molecular complexity index is 254. The van der Waals surface area contributed by atoms with Gasteiger partial charge in [-0.3, -0.25) is 9.59 Å². The van der Waals surface area contributed by atoms with Crippen LogP contribution in [-0.4, -0.2) is 49.1 Å². The van der Waals surface area contributed by atoms with E-state index in [0.29, 0.717) is 26.2 Å². The molecular weight excluding hydrogens is 264 g/mol. The minimum atomic E-state index is -0.809. The maximum absolute atomic E-state index is 10.8. The fourth-order valence-corrected chi connectivity index (χ4v) is 1.39. The second kappa shape index (κ2) is 14.3. The van der Waals surface area contributed by atoms with Crippen molar-refractivity contribution in [1.82, 2.24) is 0 Å². The third-order valence-electron chi connectivity index (χ3n) is 2.12. The number of rotatable bonds is 9. The van der Waals surface area contributed by atoms with Gasteiger partial charge >= 0.3 is 11.9 Å². The number of ether oxygens (including phenoxy) is 3. The highest BCUT2D eigenvalue weighted by Gasteiger charge is 2.08. The van der Waals surface area contributed by atoms with Crippen LogP contribution in [0.3, 0.4) is 0 Å². The van der Waals surface area contributed by atoms with Gasteiger partial charge < -0.3 is 19.3 Å². The van der Waals surface area contributed by atoms with E-state index >= 15 is 0 Å². The van der Waals surface area contributed by atoms with Gasteiger partial charge in [0.15, 0.2) is 0 Å². The molecule has 0 radical (unpaired) electrons. The van der Waals surface area contributed by atoms with Crippen molar-refractivity contribution in [3.8, 4) is 0 Å². The molecule has 2 atom stereocenters. The molecule has 0 fully saturated rings. The summed E-state index contributed by atoms with van der Waals surface area (Å²) in [7, 11) is 0. The lowest BCUT2D eigenvalue weighted by molar-refractivity contribution is -0.146. The summed E-state index contributed by atoms with van der Waals surface area (Å²) in [6.45, 7) is 10.8. The second-order valence-corrected chi connectivity index (χ2v) is 4.14. The standard InChI is InChI=1S/C8H16O3.C6H12O3/c1-4-10-7(3)6-8(9)11-5-2;1-3-9-5(2)4-6(7)8/h7H,4-6H2,1-3H3;5H,3-4H2,1-2H3,(H,7,8). The van der Waals surface area contributed by atoms with Crippen LogP contribution < -0.4 is 0 Å². The smallest absolute Gasteiger partial charge is 0.308 e. The summed E-state index contributed by atoms with van der Waals surface area (Å²) >= 11 is 0. The molecular formula is C14H28O6. The zero-order valence-corrected chi connectivity index (χ0v) is 13.2. The fourth-order valence-electron chi connectivity index (χ4n) is 1.39. The summed E-state index contributed by atoms with van der Waals surface area (Å²) in [5.41, 5.74) is 0. The third-order valence-corrected chi connectivity index (χ3v) is 2.12. The van der Waals surface area contributed by atoms with Crippen LogP contribution in [0.5, 0.6) is 0 Å². The van der Waals surface area contributed by atoms with Crippen LogP contribution in [0.15, 0.2) is 0 Å². The van der Waals surface area contributed by atoms with Gasteiger partial charge in [0.25, 0.3) is 0 Å². The molecule has 0 aromatic rings. The first-order valence-electron chi connectivity index (χ1n) is 6.97. The molecule has 0 bridgehead atoms. The second-order valence-electron chi connectivity index (χ2n) is 4.14. The highest BCUT2D eigenvalue weighted by molar-refractivity contribution is 5.69. The summed E-state index contributed by atoms with van der Waals surface area (Å²) in [6, 6.07) is 0. The van der Waals surface area contributed by atoms with Crippen molar-refractivity contribution in [2.24, 2.45) is 0 Å². The highest BCUT2D eigenvalue weighted by Crippen LogP contribution is 1.98. The number of hydrogen-bond donors (Lipinski definition) is 1. The zero-order chi connectivity index (χ0) is 16.0. The third kappa shape index (κ3) is 16.9. The van der Waals surface area contributed by atoms with Gasteiger partial charge in [-0.25, -0.2) is 0 Å². The molecule has 0 aliphatic rings. The molecule has 0 rings (SSSR count). The number of hydrogen-bond acceptors (Lipinski definition) is 5. The Morgan fingerprint density at radius 1 is 0.900 bits per heavy atom. The molecule has 1 N–H and O–H groups in total. The van der Waals surface area contributed by atoms with E-state index in [9.17, 15) is 9.59 Å². The lowest BCUT2D eigenvalue weighted by atomic mass is 10.3. The Labute approximate surface area is 121 Å². The normalized spacial score (nSPS) is 12.8. The molecule has 2 unspecified atom stereocenters. The van der Waals surface area contributed by atoms with Gasteiger partial charge in [-0.2, -0.15) is 0 Å². The van der Waals surface area contributed by atoms with E-state index in [4.69, 9.17) is 19.3 Å². The molecule has 0 saturated heterocycles. The first-order valence-corrected chi connectivity index (χ1v) is 6.97. The lowest BCUT2D eigenvalue weighted by Crippen LogP contribution is -2.16. The molecule has 6 nitrogen and oxygen atoms in total. The van der Waals surface area contributed by atoms with Gasteiger partial charge in [0, 0.05) is 13.2 Å². The van der Waals surface area contributed by atoms with E-state index in [1.807, 2.05) is 20.8 Å². The van der Waals surface area contributed by atoms with E-state index in [1.54, 1.807) is 13.8 Å². The highest BCUT2D eigenvalue weighted by atomic mass is 16.5. The summed E-state index contributed by atoms with van der Waals surface area (Å²) < 4.78 is 14.9. The SMILES string of the molecule is CCOC(=O)CC(C)OCC.CCOC(C)CC(=O)O. The number of aliphatic carboxylic acids is 1. The van der Waals surface area contributed by atoms with Crippen molar-refractivity contribution in [2.75, 3.05) is 19.8 Å². The Morgan fingerprint density at radius 2 is 1.35 bits per heavy atom. The molecule has 0 saturated carbocycles. The van der Waals surface area contributed by atoms with Gasteiger partial charge in [-0.05, 0) is 34.6 Å². The molecule has 0 aliphatic heterocycles. The predicted molar refractivity (Wildman–Crippen MR) is 75.7 cm³/mol. The Kier molecular flexibility index (Phi) is 15.1. The number of carboxylic acids is 1. The molecule has 0 aliphatic carbocycles. The van der Waals surface area contributed by atoms with Crippen LogP contribution in [0.25, 0.3) is 0 Å². The Balaban J connectivity index is 0. The van der Waals surface area contributed by atoms with Crippen LogP contribution in [0.2, 0.25) is 0 Å². The van der Waals surface area contributed by atoms with Crippen LogP contribution in [0.1, 0.15) is 47.5 Å². The molecule has 0 spiro atoms. The summed E-state index contributed by atoms with van der Waals surface area (Å²) in [4.78, 5) is 20.8. The topological polar surface area (TPSA) is 82.1 Å². The molecule has 0 aromatic heterocycles. The summed E-state index contributed by atoms with van der Waals surface area (Å²) in [5, 5.41) is 8.23. The molecule has 0 aromatic carbocycles. The zero-order valence-electron chi connectivity index (χ0n) is 13.2. The van der Waals surface area contributed by atoms with Crippen molar-refractivity contribution in [3.63, 3.8) is 0 Å². The quantitative estimate of drug-likeness (QED) is 0.656. The van der Waals surface area contributed by atoms with Crippen molar-refractivity contribution in [3.05, 3.63) is 0 Å². The van der Waals surface area contributed by atoms with Gasteiger partial charge in [0.2, 0.25) is 0 Å².